The lowest BCUT2D eigenvalue weighted by molar-refractivity contribution is -0.0519. The second-order valence-corrected chi connectivity index (χ2v) is 7.66. The Labute approximate surface area is 136 Å². The van der Waals surface area contributed by atoms with Crippen LogP contribution >= 0.6 is 0 Å². The molecule has 1 aliphatic carbocycles. The van der Waals surface area contributed by atoms with Gasteiger partial charge in [0, 0.05) is 38.3 Å². The number of rotatable bonds is 5. The van der Waals surface area contributed by atoms with Gasteiger partial charge in [0.05, 0.1) is 19.8 Å². The van der Waals surface area contributed by atoms with E-state index < -0.39 is 0 Å². The second kappa shape index (κ2) is 8.09. The molecule has 3 rings (SSSR count). The van der Waals surface area contributed by atoms with Gasteiger partial charge in [-0.25, -0.2) is 0 Å². The Morgan fingerprint density at radius 3 is 2.45 bits per heavy atom. The lowest BCUT2D eigenvalue weighted by Crippen LogP contribution is -2.59. The zero-order chi connectivity index (χ0) is 15.3. The second-order valence-electron chi connectivity index (χ2n) is 7.66. The lowest BCUT2D eigenvalue weighted by Gasteiger charge is -2.50. The number of hydrogen-bond donors (Lipinski definition) is 0. The van der Waals surface area contributed by atoms with Crippen molar-refractivity contribution in [3.8, 4) is 0 Å². The van der Waals surface area contributed by atoms with Crippen LogP contribution in [0.1, 0.15) is 44.9 Å². The van der Waals surface area contributed by atoms with Crippen LogP contribution in [0.25, 0.3) is 0 Å². The summed E-state index contributed by atoms with van der Waals surface area (Å²) in [5, 5.41) is 0. The average molecular weight is 310 g/mol. The number of ether oxygens (including phenoxy) is 2. The molecule has 0 bridgehead atoms. The van der Waals surface area contributed by atoms with E-state index in [2.05, 4.69) is 16.8 Å². The maximum absolute atomic E-state index is 5.66. The van der Waals surface area contributed by atoms with E-state index >= 15 is 0 Å². The van der Waals surface area contributed by atoms with Gasteiger partial charge < -0.3 is 14.4 Å². The van der Waals surface area contributed by atoms with Crippen LogP contribution < -0.4 is 0 Å². The number of nitrogens with zero attached hydrogens (tertiary/aromatic N) is 2. The number of morpholine rings is 1. The topological polar surface area (TPSA) is 24.9 Å². The Bertz CT molecular complexity index is 319. The van der Waals surface area contributed by atoms with Gasteiger partial charge in [0.2, 0.25) is 0 Å². The Kier molecular flexibility index (Phi) is 6.14. The zero-order valence-corrected chi connectivity index (χ0v) is 14.4. The minimum absolute atomic E-state index is 0.409. The van der Waals surface area contributed by atoms with Gasteiger partial charge in [0.25, 0.3) is 0 Å². The third kappa shape index (κ3) is 4.22. The molecule has 3 fully saturated rings. The van der Waals surface area contributed by atoms with E-state index in [0.717, 1.165) is 45.4 Å². The predicted octanol–water partition coefficient (Wildman–Crippen LogP) is 2.38. The maximum Gasteiger partial charge on any atom is 0.0594 e. The van der Waals surface area contributed by atoms with E-state index in [-0.39, 0.29) is 0 Å². The standard InChI is InChI=1S/C18H34N2O2/c1-19(14-17-6-5-11-22-15-17)16-18(7-3-2-4-8-18)20-9-12-21-13-10-20/h17H,2-16H2,1H3/t17-/m0/s1. The third-order valence-corrected chi connectivity index (χ3v) is 5.85. The molecule has 1 atom stereocenters. The minimum Gasteiger partial charge on any atom is -0.381 e. The summed E-state index contributed by atoms with van der Waals surface area (Å²) < 4.78 is 11.3. The van der Waals surface area contributed by atoms with Gasteiger partial charge in [-0.1, -0.05) is 19.3 Å². The average Bonchev–Trinajstić information content (AvgIpc) is 2.57. The molecule has 2 heterocycles. The molecule has 2 aliphatic heterocycles. The predicted molar refractivity (Wildman–Crippen MR) is 89.2 cm³/mol. The lowest BCUT2D eigenvalue weighted by atomic mass is 9.79. The first-order valence-corrected chi connectivity index (χ1v) is 9.38. The summed E-state index contributed by atoms with van der Waals surface area (Å²) in [7, 11) is 2.32. The van der Waals surface area contributed by atoms with Crippen molar-refractivity contribution in [1.29, 1.82) is 0 Å². The summed E-state index contributed by atoms with van der Waals surface area (Å²) in [6.45, 7) is 8.45. The summed E-state index contributed by atoms with van der Waals surface area (Å²) >= 11 is 0. The molecule has 1 saturated carbocycles. The van der Waals surface area contributed by atoms with Gasteiger partial charge in [0.15, 0.2) is 0 Å². The van der Waals surface area contributed by atoms with E-state index in [1.54, 1.807) is 0 Å². The van der Waals surface area contributed by atoms with Crippen molar-refractivity contribution in [2.24, 2.45) is 5.92 Å². The Hall–Kier alpha value is -0.160. The maximum atomic E-state index is 5.66. The van der Waals surface area contributed by atoms with Gasteiger partial charge in [-0.15, -0.1) is 0 Å². The molecular weight excluding hydrogens is 276 g/mol. The minimum atomic E-state index is 0.409. The van der Waals surface area contributed by atoms with E-state index in [1.165, 1.54) is 58.0 Å². The first-order chi connectivity index (χ1) is 10.8. The molecule has 0 N–H and O–H groups in total. The highest BCUT2D eigenvalue weighted by Gasteiger charge is 2.39. The highest BCUT2D eigenvalue weighted by Crippen LogP contribution is 2.35. The van der Waals surface area contributed by atoms with Crippen molar-refractivity contribution in [3.63, 3.8) is 0 Å². The molecule has 0 aromatic heterocycles. The Balaban J connectivity index is 1.58. The molecule has 4 nitrogen and oxygen atoms in total. The summed E-state index contributed by atoms with van der Waals surface area (Å²) in [6, 6.07) is 0. The van der Waals surface area contributed by atoms with Crippen LogP contribution in [0.2, 0.25) is 0 Å². The quantitative estimate of drug-likeness (QED) is 0.778. The third-order valence-electron chi connectivity index (χ3n) is 5.85. The molecule has 0 aromatic rings. The van der Waals surface area contributed by atoms with Crippen LogP contribution in [0.5, 0.6) is 0 Å². The van der Waals surface area contributed by atoms with E-state index in [0.29, 0.717) is 5.54 Å². The fourth-order valence-electron chi connectivity index (χ4n) is 4.78. The molecule has 2 saturated heterocycles. The van der Waals surface area contributed by atoms with Crippen molar-refractivity contribution in [2.75, 3.05) is 59.7 Å². The Morgan fingerprint density at radius 1 is 1.00 bits per heavy atom. The molecule has 128 valence electrons. The van der Waals surface area contributed by atoms with Crippen molar-refractivity contribution in [1.82, 2.24) is 9.80 Å². The van der Waals surface area contributed by atoms with Gasteiger partial charge in [-0.05, 0) is 38.6 Å². The summed E-state index contributed by atoms with van der Waals surface area (Å²) in [4.78, 5) is 5.35. The first kappa shape index (κ1) is 16.7. The molecule has 0 spiro atoms. The summed E-state index contributed by atoms with van der Waals surface area (Å²) in [5.74, 6) is 0.740. The molecular formula is C18H34N2O2. The van der Waals surface area contributed by atoms with Gasteiger partial charge >= 0.3 is 0 Å². The van der Waals surface area contributed by atoms with Crippen LogP contribution in [0, 0.1) is 5.92 Å². The van der Waals surface area contributed by atoms with E-state index in [9.17, 15) is 0 Å². The van der Waals surface area contributed by atoms with Crippen molar-refractivity contribution in [3.05, 3.63) is 0 Å². The molecule has 0 radical (unpaired) electrons. The van der Waals surface area contributed by atoms with Gasteiger partial charge in [0.1, 0.15) is 0 Å². The molecule has 0 unspecified atom stereocenters. The fourth-order valence-corrected chi connectivity index (χ4v) is 4.78. The molecule has 4 heteroatoms. The monoisotopic (exact) mass is 310 g/mol. The molecule has 0 amide bonds. The van der Waals surface area contributed by atoms with Crippen molar-refractivity contribution < 1.29 is 9.47 Å². The van der Waals surface area contributed by atoms with Gasteiger partial charge in [-0.2, -0.15) is 0 Å². The van der Waals surface area contributed by atoms with Crippen molar-refractivity contribution >= 4 is 0 Å². The molecule has 22 heavy (non-hydrogen) atoms. The number of hydrogen-bond acceptors (Lipinski definition) is 4. The van der Waals surface area contributed by atoms with Crippen LogP contribution in [-0.2, 0) is 9.47 Å². The van der Waals surface area contributed by atoms with Crippen LogP contribution in [0.15, 0.2) is 0 Å². The van der Waals surface area contributed by atoms with Crippen LogP contribution in [-0.4, -0.2) is 75.0 Å². The highest BCUT2D eigenvalue weighted by atomic mass is 16.5. The molecule has 0 aromatic carbocycles. The number of likely N-dealkylation sites (N-methyl/N-ethyl adjacent to an activating group) is 1. The van der Waals surface area contributed by atoms with Crippen LogP contribution in [0.3, 0.4) is 0 Å². The first-order valence-electron chi connectivity index (χ1n) is 9.38. The normalized spacial score (nSPS) is 30.5. The summed E-state index contributed by atoms with van der Waals surface area (Å²) in [6.07, 6.45) is 9.56. The summed E-state index contributed by atoms with van der Waals surface area (Å²) in [5.41, 5.74) is 0.409. The van der Waals surface area contributed by atoms with Gasteiger partial charge in [-0.3, -0.25) is 4.90 Å². The SMILES string of the molecule is CN(C[C@@H]1CCCOC1)CC1(N2CCOCC2)CCCCC1. The van der Waals surface area contributed by atoms with Crippen molar-refractivity contribution in [2.45, 2.75) is 50.5 Å². The smallest absolute Gasteiger partial charge is 0.0594 e. The Morgan fingerprint density at radius 2 is 1.77 bits per heavy atom. The molecule has 3 aliphatic rings. The largest absolute Gasteiger partial charge is 0.381 e. The van der Waals surface area contributed by atoms with E-state index in [4.69, 9.17) is 9.47 Å². The van der Waals surface area contributed by atoms with E-state index in [1.807, 2.05) is 0 Å². The highest BCUT2D eigenvalue weighted by molar-refractivity contribution is 4.96. The van der Waals surface area contributed by atoms with Crippen LogP contribution in [0.4, 0.5) is 0 Å². The fraction of sp³-hybridized carbons (Fsp3) is 1.00. The zero-order valence-electron chi connectivity index (χ0n) is 14.4.